The van der Waals surface area contributed by atoms with Gasteiger partial charge in [0.15, 0.2) is 10.8 Å². The van der Waals surface area contributed by atoms with Crippen LogP contribution in [-0.2, 0) is 31.3 Å². The number of hydrogen-bond donors (Lipinski definition) is 5. The van der Waals surface area contributed by atoms with Crippen LogP contribution < -0.4 is 5.32 Å². The van der Waals surface area contributed by atoms with Crippen LogP contribution in [0.25, 0.3) is 0 Å². The van der Waals surface area contributed by atoms with Crippen LogP contribution >= 0.6 is 11.8 Å². The molecule has 12 nitrogen and oxygen atoms in total. The number of thioether (sulfide) groups is 1. The number of likely N-dealkylation sites (tertiary alicyclic amines) is 1. The van der Waals surface area contributed by atoms with Crippen LogP contribution in [0.15, 0.2) is 41.8 Å². The normalized spacial score (nSPS) is 14.8. The minimum atomic E-state index is -2.74. The number of aliphatic carboxylic acids is 3. The summed E-state index contributed by atoms with van der Waals surface area (Å²) < 4.78 is 14.5. The molecule has 14 heteroatoms. The molecule has 224 valence electrons. The minimum absolute atomic E-state index is 0.134. The first kappa shape index (κ1) is 33.6. The molecule has 0 saturated carbocycles. The summed E-state index contributed by atoms with van der Waals surface area (Å²) >= 11 is 1.67. The molecule has 5 N–H and O–H groups in total. The highest BCUT2D eigenvalue weighted by molar-refractivity contribution is 7.99. The number of halogens is 1. The lowest BCUT2D eigenvalue weighted by atomic mass is 9.80. The van der Waals surface area contributed by atoms with Crippen molar-refractivity contribution in [1.29, 1.82) is 0 Å². The lowest BCUT2D eigenvalue weighted by molar-refractivity contribution is -0.170. The summed E-state index contributed by atoms with van der Waals surface area (Å²) in [6.07, 6.45) is 3.91. The van der Waals surface area contributed by atoms with E-state index in [2.05, 4.69) is 27.1 Å². The SMILES string of the molecule is CCCSc1ncc(CN2CCC(NC(C)=O)(c3ccccc3F)CC2)cn1.O=C(O)CC(O)(CC(=O)O)C(=O)O. The first-order valence-corrected chi connectivity index (χ1v) is 13.9. The van der Waals surface area contributed by atoms with Crippen molar-refractivity contribution < 1.29 is 44.0 Å². The van der Waals surface area contributed by atoms with E-state index < -0.39 is 41.9 Å². The highest BCUT2D eigenvalue weighted by Gasteiger charge is 2.41. The largest absolute Gasteiger partial charge is 0.481 e. The maximum atomic E-state index is 14.5. The van der Waals surface area contributed by atoms with Gasteiger partial charge in [0.2, 0.25) is 5.91 Å². The van der Waals surface area contributed by atoms with Crippen molar-refractivity contribution in [3.63, 3.8) is 0 Å². The van der Waals surface area contributed by atoms with Gasteiger partial charge in [-0.25, -0.2) is 19.2 Å². The lowest BCUT2D eigenvalue weighted by Gasteiger charge is -2.42. The second kappa shape index (κ2) is 15.4. The Morgan fingerprint density at radius 3 is 2.07 bits per heavy atom. The molecule has 41 heavy (non-hydrogen) atoms. The van der Waals surface area contributed by atoms with Crippen LogP contribution in [0, 0.1) is 5.82 Å². The van der Waals surface area contributed by atoms with E-state index in [1.165, 1.54) is 13.0 Å². The number of nitrogens with zero attached hydrogens (tertiary/aromatic N) is 3. The topological polar surface area (TPSA) is 190 Å². The fraction of sp³-hybridized carbons (Fsp3) is 0.481. The van der Waals surface area contributed by atoms with Crippen molar-refractivity contribution in [2.45, 2.75) is 68.8 Å². The summed E-state index contributed by atoms with van der Waals surface area (Å²) in [5.74, 6) is -4.40. The number of aliphatic hydroxyl groups is 1. The van der Waals surface area contributed by atoms with Gasteiger partial charge < -0.3 is 25.7 Å². The Balaban J connectivity index is 0.000000383. The third-order valence-electron chi connectivity index (χ3n) is 6.32. The third-order valence-corrected chi connectivity index (χ3v) is 7.40. The molecule has 0 radical (unpaired) electrons. The lowest BCUT2D eigenvalue weighted by Crippen LogP contribution is -2.52. The molecule has 1 aliphatic rings. The molecule has 1 saturated heterocycles. The first-order valence-electron chi connectivity index (χ1n) is 12.9. The van der Waals surface area contributed by atoms with Crippen molar-refractivity contribution in [1.82, 2.24) is 20.2 Å². The number of hydrogen-bond acceptors (Lipinski definition) is 9. The van der Waals surface area contributed by atoms with E-state index in [0.29, 0.717) is 18.4 Å². The number of carbonyl (C=O) groups is 4. The fourth-order valence-corrected chi connectivity index (χ4v) is 5.05. The number of carbonyl (C=O) groups excluding carboxylic acids is 1. The average molecular weight is 595 g/mol. The highest BCUT2D eigenvalue weighted by atomic mass is 32.2. The van der Waals surface area contributed by atoms with Crippen LogP contribution in [0.2, 0.25) is 0 Å². The molecule has 0 atom stereocenters. The average Bonchev–Trinajstić information content (AvgIpc) is 2.89. The molecule has 0 bridgehead atoms. The van der Waals surface area contributed by atoms with Gasteiger partial charge in [-0.1, -0.05) is 36.9 Å². The summed E-state index contributed by atoms with van der Waals surface area (Å²) in [6, 6.07) is 6.74. The molecular weight excluding hydrogens is 559 g/mol. The smallest absolute Gasteiger partial charge is 0.336 e. The zero-order valence-corrected chi connectivity index (χ0v) is 23.7. The highest BCUT2D eigenvalue weighted by Crippen LogP contribution is 2.35. The minimum Gasteiger partial charge on any atom is -0.481 e. The number of benzene rings is 1. The van der Waals surface area contributed by atoms with Gasteiger partial charge in [-0.3, -0.25) is 19.3 Å². The molecule has 1 aliphatic heterocycles. The monoisotopic (exact) mass is 594 g/mol. The van der Waals surface area contributed by atoms with E-state index in [1.54, 1.807) is 23.9 Å². The Labute approximate surface area is 241 Å². The van der Waals surface area contributed by atoms with E-state index in [-0.39, 0.29) is 11.7 Å². The van der Waals surface area contributed by atoms with Crippen molar-refractivity contribution >= 4 is 35.6 Å². The molecule has 0 aliphatic carbocycles. The van der Waals surface area contributed by atoms with Gasteiger partial charge >= 0.3 is 17.9 Å². The van der Waals surface area contributed by atoms with Crippen LogP contribution in [0.5, 0.6) is 0 Å². The van der Waals surface area contributed by atoms with Crippen LogP contribution in [0.1, 0.15) is 57.1 Å². The van der Waals surface area contributed by atoms with Crippen LogP contribution in [-0.4, -0.2) is 83.6 Å². The Morgan fingerprint density at radius 2 is 1.61 bits per heavy atom. The van der Waals surface area contributed by atoms with Gasteiger partial charge in [0.1, 0.15) is 5.82 Å². The number of amides is 1. The standard InChI is InChI=1S/C21H27FN4OS.C6H8O7/c1-3-12-28-20-23-13-17(14-24-20)15-26-10-8-21(9-11-26,25-16(2)27)18-6-4-5-7-19(18)22;7-3(8)1-6(13,5(11)12)2-4(9)10/h4-7,13-14H,3,8-12,15H2,1-2H3,(H,25,27);13H,1-2H2,(H,7,8)(H,9,10)(H,11,12). The van der Waals surface area contributed by atoms with Crippen LogP contribution in [0.3, 0.4) is 0 Å². The Morgan fingerprint density at radius 1 is 1.05 bits per heavy atom. The van der Waals surface area contributed by atoms with Gasteiger partial charge in [-0.15, -0.1) is 0 Å². The summed E-state index contributed by atoms with van der Waals surface area (Å²) in [7, 11) is 0. The van der Waals surface area contributed by atoms with Gasteiger partial charge in [-0.2, -0.15) is 0 Å². The van der Waals surface area contributed by atoms with Crippen molar-refractivity contribution in [2.75, 3.05) is 18.8 Å². The molecule has 3 rings (SSSR count). The summed E-state index contributed by atoms with van der Waals surface area (Å²) in [5.41, 5.74) is -1.74. The number of piperidine rings is 1. The number of carboxylic acids is 3. The molecule has 1 fully saturated rings. The second-order valence-electron chi connectivity index (χ2n) is 9.72. The molecule has 1 amide bonds. The number of carboxylic acid groups (broad SMARTS) is 3. The Bertz CT molecular complexity index is 1190. The maximum Gasteiger partial charge on any atom is 0.336 e. The Kier molecular flexibility index (Phi) is 12.6. The van der Waals surface area contributed by atoms with E-state index in [9.17, 15) is 23.6 Å². The van der Waals surface area contributed by atoms with Crippen LogP contribution in [0.4, 0.5) is 4.39 Å². The predicted molar refractivity (Wildman–Crippen MR) is 147 cm³/mol. The molecule has 0 spiro atoms. The zero-order chi connectivity index (χ0) is 30.6. The number of rotatable bonds is 12. The first-order chi connectivity index (χ1) is 19.3. The van der Waals surface area contributed by atoms with Crippen molar-refractivity contribution in [3.05, 3.63) is 53.6 Å². The van der Waals surface area contributed by atoms with Crippen molar-refractivity contribution in [2.24, 2.45) is 0 Å². The number of nitrogens with one attached hydrogen (secondary N) is 1. The zero-order valence-electron chi connectivity index (χ0n) is 22.9. The van der Waals surface area contributed by atoms with Gasteiger partial charge in [0, 0.05) is 55.8 Å². The molecular formula is C27H35FN4O8S. The predicted octanol–water partition coefficient (Wildman–Crippen LogP) is 2.50. The summed E-state index contributed by atoms with van der Waals surface area (Å²) in [4.78, 5) is 53.5. The summed E-state index contributed by atoms with van der Waals surface area (Å²) in [5, 5.41) is 37.7. The van der Waals surface area contributed by atoms with E-state index in [1.807, 2.05) is 18.5 Å². The fourth-order valence-electron chi connectivity index (χ4n) is 4.41. The third kappa shape index (κ3) is 10.4. The summed E-state index contributed by atoms with van der Waals surface area (Å²) in [6.45, 7) is 5.92. The van der Waals surface area contributed by atoms with E-state index in [4.69, 9.17) is 20.4 Å². The van der Waals surface area contributed by atoms with Gasteiger partial charge in [0.25, 0.3) is 0 Å². The molecule has 0 unspecified atom stereocenters. The molecule has 1 aromatic heterocycles. The van der Waals surface area contributed by atoms with E-state index in [0.717, 1.165) is 42.5 Å². The molecule has 2 aromatic rings. The molecule has 2 heterocycles. The second-order valence-corrected chi connectivity index (χ2v) is 10.8. The van der Waals surface area contributed by atoms with Crippen molar-refractivity contribution in [3.8, 4) is 0 Å². The number of aromatic nitrogens is 2. The molecule has 1 aromatic carbocycles. The van der Waals surface area contributed by atoms with Gasteiger partial charge in [0.05, 0.1) is 18.4 Å². The van der Waals surface area contributed by atoms with Gasteiger partial charge in [-0.05, 0) is 25.3 Å². The van der Waals surface area contributed by atoms with E-state index >= 15 is 0 Å². The maximum absolute atomic E-state index is 14.5. The Hall–Kier alpha value is -3.62. The quantitative estimate of drug-likeness (QED) is 0.179.